The number of aliphatic hydroxyl groups excluding tert-OH is 1. The lowest BCUT2D eigenvalue weighted by atomic mass is 10.2. The summed E-state index contributed by atoms with van der Waals surface area (Å²) in [4.78, 5) is 22.0. The van der Waals surface area contributed by atoms with Crippen molar-refractivity contribution in [2.75, 3.05) is 6.54 Å². The van der Waals surface area contributed by atoms with Crippen LogP contribution in [0.15, 0.2) is 30.3 Å². The molecule has 0 saturated carbocycles. The molecule has 0 spiro atoms. The number of carboxylic acid groups (broad SMARTS) is 1. The molecule has 6 heteroatoms. The highest BCUT2D eigenvalue weighted by molar-refractivity contribution is 5.80. The number of benzene rings is 1. The van der Waals surface area contributed by atoms with Crippen molar-refractivity contribution < 1.29 is 24.5 Å². The van der Waals surface area contributed by atoms with Gasteiger partial charge in [0.1, 0.15) is 6.10 Å². The zero-order valence-electron chi connectivity index (χ0n) is 11.3. The first-order valence-electron chi connectivity index (χ1n) is 6.35. The van der Waals surface area contributed by atoms with Gasteiger partial charge in [0.05, 0.1) is 6.61 Å². The summed E-state index contributed by atoms with van der Waals surface area (Å²) in [5.41, 5.74) is 0.966. The summed E-state index contributed by atoms with van der Waals surface area (Å²) in [5.74, 6) is -1.63. The zero-order valence-corrected chi connectivity index (χ0v) is 11.3. The van der Waals surface area contributed by atoms with Crippen LogP contribution in [0.1, 0.15) is 18.9 Å². The number of hydrogen-bond acceptors (Lipinski definition) is 4. The van der Waals surface area contributed by atoms with Gasteiger partial charge in [-0.05, 0) is 12.5 Å². The number of ether oxygens (including phenoxy) is 1. The monoisotopic (exact) mass is 281 g/mol. The molecule has 0 fully saturated rings. The first-order chi connectivity index (χ1) is 9.50. The third kappa shape index (κ3) is 5.81. The molecule has 1 amide bonds. The topological polar surface area (TPSA) is 95.9 Å². The summed E-state index contributed by atoms with van der Waals surface area (Å²) < 4.78 is 5.40. The summed E-state index contributed by atoms with van der Waals surface area (Å²) in [6, 6.07) is 9.46. The predicted octanol–water partition coefficient (Wildman–Crippen LogP) is 0.543. The van der Waals surface area contributed by atoms with E-state index >= 15 is 0 Å². The molecule has 6 nitrogen and oxygen atoms in total. The number of aliphatic carboxylic acids is 1. The Bertz CT molecular complexity index is 434. The maximum Gasteiger partial charge on any atom is 0.332 e. The Morgan fingerprint density at radius 1 is 1.30 bits per heavy atom. The van der Waals surface area contributed by atoms with Crippen LogP contribution in [0.2, 0.25) is 0 Å². The summed E-state index contributed by atoms with van der Waals surface area (Å²) >= 11 is 0. The van der Waals surface area contributed by atoms with Gasteiger partial charge in [-0.25, -0.2) is 4.79 Å². The molecule has 2 unspecified atom stereocenters. The van der Waals surface area contributed by atoms with Gasteiger partial charge in [0.2, 0.25) is 5.91 Å². The van der Waals surface area contributed by atoms with Crippen molar-refractivity contribution in [1.82, 2.24) is 5.32 Å². The second-order valence-electron chi connectivity index (χ2n) is 4.37. The van der Waals surface area contributed by atoms with Gasteiger partial charge in [0.25, 0.3) is 0 Å². The smallest absolute Gasteiger partial charge is 0.332 e. The van der Waals surface area contributed by atoms with Crippen LogP contribution in [0.4, 0.5) is 0 Å². The number of amides is 1. The van der Waals surface area contributed by atoms with E-state index < -0.39 is 18.2 Å². The number of nitrogens with one attached hydrogen (secondary N) is 1. The van der Waals surface area contributed by atoms with Crippen LogP contribution >= 0.6 is 0 Å². The predicted molar refractivity (Wildman–Crippen MR) is 72.0 cm³/mol. The highest BCUT2D eigenvalue weighted by Gasteiger charge is 2.16. The summed E-state index contributed by atoms with van der Waals surface area (Å²) in [6.07, 6.45) is -2.14. The molecule has 0 radical (unpaired) electrons. The molecular formula is C14H19NO5. The molecule has 0 aromatic heterocycles. The number of carbonyl (C=O) groups is 2. The molecule has 0 bridgehead atoms. The van der Waals surface area contributed by atoms with Crippen LogP contribution in [-0.4, -0.2) is 40.8 Å². The number of carboxylic acids is 1. The Morgan fingerprint density at radius 3 is 2.55 bits per heavy atom. The van der Waals surface area contributed by atoms with Crippen molar-refractivity contribution in [3.05, 3.63) is 35.9 Å². The van der Waals surface area contributed by atoms with Crippen LogP contribution in [0, 0.1) is 0 Å². The molecule has 0 aliphatic carbocycles. The molecule has 1 aromatic rings. The van der Waals surface area contributed by atoms with Gasteiger partial charge in [-0.15, -0.1) is 0 Å². The second kappa shape index (κ2) is 8.29. The lowest BCUT2D eigenvalue weighted by Gasteiger charge is -2.14. The van der Waals surface area contributed by atoms with Crippen LogP contribution in [-0.2, 0) is 20.9 Å². The van der Waals surface area contributed by atoms with Gasteiger partial charge in [-0.2, -0.15) is 0 Å². The maximum absolute atomic E-state index is 11.7. The van der Waals surface area contributed by atoms with E-state index in [-0.39, 0.29) is 18.9 Å². The molecule has 2 atom stereocenters. The minimum Gasteiger partial charge on any atom is -0.479 e. The Labute approximate surface area is 117 Å². The highest BCUT2D eigenvalue weighted by Crippen LogP contribution is 2.03. The van der Waals surface area contributed by atoms with E-state index in [1.807, 2.05) is 30.3 Å². The molecule has 110 valence electrons. The van der Waals surface area contributed by atoms with Gasteiger partial charge in [0.15, 0.2) is 6.10 Å². The Kier molecular flexibility index (Phi) is 6.69. The van der Waals surface area contributed by atoms with Gasteiger partial charge in [-0.3, -0.25) is 4.79 Å². The first kappa shape index (κ1) is 16.1. The molecule has 3 N–H and O–H groups in total. The van der Waals surface area contributed by atoms with Crippen LogP contribution in [0.3, 0.4) is 0 Å². The van der Waals surface area contributed by atoms with Gasteiger partial charge < -0.3 is 20.3 Å². The fourth-order valence-corrected chi connectivity index (χ4v) is 1.47. The standard InChI is InChI=1S/C14H19NO5/c1-10(20-9-11-5-3-2-4-6-11)13(17)15-8-7-12(16)14(18)19/h2-6,10,12,16H,7-9H2,1H3,(H,15,17)(H,18,19). The van der Waals surface area contributed by atoms with Crippen molar-refractivity contribution in [3.63, 3.8) is 0 Å². The van der Waals surface area contributed by atoms with Crippen molar-refractivity contribution in [3.8, 4) is 0 Å². The van der Waals surface area contributed by atoms with E-state index in [0.717, 1.165) is 5.56 Å². The molecule has 20 heavy (non-hydrogen) atoms. The first-order valence-corrected chi connectivity index (χ1v) is 6.35. The van der Waals surface area contributed by atoms with E-state index in [1.54, 1.807) is 6.92 Å². The zero-order chi connectivity index (χ0) is 15.0. The average Bonchev–Trinajstić information content (AvgIpc) is 2.45. The van der Waals surface area contributed by atoms with Crippen LogP contribution in [0.5, 0.6) is 0 Å². The Morgan fingerprint density at radius 2 is 1.95 bits per heavy atom. The van der Waals surface area contributed by atoms with Crippen molar-refractivity contribution in [2.24, 2.45) is 0 Å². The summed E-state index contributed by atoms with van der Waals surface area (Å²) in [5, 5.41) is 20.0. The minimum absolute atomic E-state index is 0.0352. The number of hydrogen-bond donors (Lipinski definition) is 3. The fourth-order valence-electron chi connectivity index (χ4n) is 1.47. The van der Waals surface area contributed by atoms with E-state index in [1.165, 1.54) is 0 Å². The fraction of sp³-hybridized carbons (Fsp3) is 0.429. The lowest BCUT2D eigenvalue weighted by Crippen LogP contribution is -2.37. The summed E-state index contributed by atoms with van der Waals surface area (Å²) in [7, 11) is 0. The van der Waals surface area contributed by atoms with Crippen molar-refractivity contribution in [2.45, 2.75) is 32.2 Å². The second-order valence-corrected chi connectivity index (χ2v) is 4.37. The quantitative estimate of drug-likeness (QED) is 0.646. The number of aliphatic hydroxyl groups is 1. The maximum atomic E-state index is 11.7. The Hall–Kier alpha value is -1.92. The lowest BCUT2D eigenvalue weighted by molar-refractivity contribution is -0.147. The van der Waals surface area contributed by atoms with E-state index in [9.17, 15) is 9.59 Å². The molecule has 0 aliphatic rings. The normalized spacial score (nSPS) is 13.5. The molecular weight excluding hydrogens is 262 g/mol. The third-order valence-electron chi connectivity index (χ3n) is 2.71. The molecule has 0 saturated heterocycles. The molecule has 0 heterocycles. The molecule has 1 aromatic carbocycles. The SMILES string of the molecule is CC(OCc1ccccc1)C(=O)NCCC(O)C(=O)O. The van der Waals surface area contributed by atoms with Crippen LogP contribution in [0.25, 0.3) is 0 Å². The number of rotatable bonds is 8. The third-order valence-corrected chi connectivity index (χ3v) is 2.71. The van der Waals surface area contributed by atoms with E-state index in [2.05, 4.69) is 5.32 Å². The van der Waals surface area contributed by atoms with Crippen molar-refractivity contribution in [1.29, 1.82) is 0 Å². The van der Waals surface area contributed by atoms with Gasteiger partial charge >= 0.3 is 5.97 Å². The molecule has 0 aliphatic heterocycles. The van der Waals surface area contributed by atoms with Crippen molar-refractivity contribution >= 4 is 11.9 Å². The summed E-state index contributed by atoms with van der Waals surface area (Å²) in [6.45, 7) is 2.03. The van der Waals surface area contributed by atoms with Gasteiger partial charge in [0, 0.05) is 13.0 Å². The molecule has 1 rings (SSSR count). The van der Waals surface area contributed by atoms with E-state index in [4.69, 9.17) is 14.9 Å². The largest absolute Gasteiger partial charge is 0.479 e. The minimum atomic E-state index is -1.46. The number of carbonyl (C=O) groups excluding carboxylic acids is 1. The Balaban J connectivity index is 2.24. The van der Waals surface area contributed by atoms with E-state index in [0.29, 0.717) is 6.61 Å². The highest BCUT2D eigenvalue weighted by atomic mass is 16.5. The van der Waals surface area contributed by atoms with Gasteiger partial charge in [-0.1, -0.05) is 30.3 Å². The average molecular weight is 281 g/mol. The van der Waals surface area contributed by atoms with Crippen LogP contribution < -0.4 is 5.32 Å².